The Kier molecular flexibility index (Phi) is 9.39. The van der Waals surface area contributed by atoms with Crippen molar-refractivity contribution in [1.29, 1.82) is 0 Å². The first-order chi connectivity index (χ1) is 13.5. The van der Waals surface area contributed by atoms with Crippen LogP contribution in [0.1, 0.15) is 30.5 Å². The van der Waals surface area contributed by atoms with E-state index in [2.05, 4.69) is 20.0 Å². The van der Waals surface area contributed by atoms with Crippen LogP contribution in [0.4, 0.5) is 17.6 Å². The third-order valence-electron chi connectivity index (χ3n) is 3.49. The van der Waals surface area contributed by atoms with Gasteiger partial charge in [-0.05, 0) is 38.1 Å². The van der Waals surface area contributed by atoms with Crippen LogP contribution in [-0.4, -0.2) is 25.6 Å². The van der Waals surface area contributed by atoms with E-state index in [9.17, 15) is 17.6 Å². The van der Waals surface area contributed by atoms with E-state index >= 15 is 0 Å². The Morgan fingerprint density at radius 3 is 1.72 bits per heavy atom. The van der Waals surface area contributed by atoms with Crippen molar-refractivity contribution in [1.82, 2.24) is 0 Å². The van der Waals surface area contributed by atoms with Crippen molar-refractivity contribution in [2.24, 2.45) is 10.3 Å². The summed E-state index contributed by atoms with van der Waals surface area (Å²) in [4.78, 5) is 9.08. The van der Waals surface area contributed by atoms with Gasteiger partial charge in [0.25, 0.3) is 0 Å². The van der Waals surface area contributed by atoms with Crippen molar-refractivity contribution < 1.29 is 27.2 Å². The molecule has 0 N–H and O–H groups in total. The zero-order chi connectivity index (χ0) is 22.2. The standard InChI is InChI=1S/C10H9F4NO.C9H9Cl2NO/c1-6(15-16-2)7-3-4-8(9(11)5-7)10(12,13)14;1-6(12-13-2)7-3-4-8(10)9(11)5-7/h3-5H,1-2H3;3-5H,1-2H3/b15-6+;12-6+. The molecule has 158 valence electrons. The highest BCUT2D eigenvalue weighted by atomic mass is 35.5. The van der Waals surface area contributed by atoms with Crippen LogP contribution in [0, 0.1) is 5.82 Å². The van der Waals surface area contributed by atoms with E-state index in [4.69, 9.17) is 23.2 Å². The van der Waals surface area contributed by atoms with Crippen LogP contribution in [0.25, 0.3) is 0 Å². The van der Waals surface area contributed by atoms with Crippen LogP contribution in [0.2, 0.25) is 10.0 Å². The van der Waals surface area contributed by atoms with Crippen LogP contribution in [-0.2, 0) is 15.9 Å². The molecule has 2 aromatic rings. The Labute approximate surface area is 175 Å². The molecule has 0 atom stereocenters. The molecule has 0 unspecified atom stereocenters. The number of hydrogen-bond acceptors (Lipinski definition) is 4. The van der Waals surface area contributed by atoms with E-state index in [0.29, 0.717) is 21.8 Å². The molecule has 0 radical (unpaired) electrons. The molecule has 0 aliphatic heterocycles. The topological polar surface area (TPSA) is 43.2 Å². The predicted molar refractivity (Wildman–Crippen MR) is 106 cm³/mol. The van der Waals surface area contributed by atoms with Crippen LogP contribution in [0.3, 0.4) is 0 Å². The molecule has 10 heteroatoms. The Morgan fingerprint density at radius 2 is 1.31 bits per heavy atom. The summed E-state index contributed by atoms with van der Waals surface area (Å²) in [5.41, 5.74) is 0.918. The molecular weight excluding hydrogens is 435 g/mol. The van der Waals surface area contributed by atoms with Crippen molar-refractivity contribution in [2.45, 2.75) is 20.0 Å². The number of oxime groups is 2. The predicted octanol–water partition coefficient (Wildman–Crippen LogP) is 6.58. The molecule has 2 rings (SSSR count). The molecule has 0 fully saturated rings. The van der Waals surface area contributed by atoms with Crippen LogP contribution >= 0.6 is 23.2 Å². The first-order valence-electron chi connectivity index (χ1n) is 7.99. The summed E-state index contributed by atoms with van der Waals surface area (Å²) in [6.45, 7) is 3.34. The van der Waals surface area contributed by atoms with Gasteiger partial charge >= 0.3 is 6.18 Å². The van der Waals surface area contributed by atoms with E-state index in [1.807, 2.05) is 13.0 Å². The lowest BCUT2D eigenvalue weighted by Crippen LogP contribution is -2.09. The molecule has 0 saturated heterocycles. The second kappa shape index (κ2) is 11.0. The normalized spacial score (nSPS) is 12.2. The third-order valence-corrected chi connectivity index (χ3v) is 4.23. The highest BCUT2D eigenvalue weighted by Crippen LogP contribution is 2.31. The molecule has 29 heavy (non-hydrogen) atoms. The zero-order valence-corrected chi connectivity index (χ0v) is 17.5. The summed E-state index contributed by atoms with van der Waals surface area (Å²) >= 11 is 11.6. The SMILES string of the molecule is CO/N=C(\C)c1ccc(C(F)(F)F)c(F)c1.CO/N=C(\C)c1ccc(Cl)c(Cl)c1. The highest BCUT2D eigenvalue weighted by molar-refractivity contribution is 6.42. The van der Waals surface area contributed by atoms with Gasteiger partial charge in [0.2, 0.25) is 0 Å². The molecule has 4 nitrogen and oxygen atoms in total. The fourth-order valence-corrected chi connectivity index (χ4v) is 2.37. The van der Waals surface area contributed by atoms with E-state index in [-0.39, 0.29) is 5.56 Å². The smallest absolute Gasteiger partial charge is 0.399 e. The van der Waals surface area contributed by atoms with Gasteiger partial charge in [-0.15, -0.1) is 0 Å². The van der Waals surface area contributed by atoms with Crippen LogP contribution in [0.15, 0.2) is 46.7 Å². The van der Waals surface area contributed by atoms with Gasteiger partial charge in [0, 0.05) is 11.1 Å². The molecule has 0 saturated carbocycles. The average molecular weight is 453 g/mol. The van der Waals surface area contributed by atoms with Gasteiger partial charge in [-0.3, -0.25) is 0 Å². The maximum atomic E-state index is 13.1. The fourth-order valence-electron chi connectivity index (χ4n) is 2.07. The minimum absolute atomic E-state index is 0.243. The Balaban J connectivity index is 0.000000296. The summed E-state index contributed by atoms with van der Waals surface area (Å²) in [6, 6.07) is 7.92. The molecule has 0 aliphatic carbocycles. The Morgan fingerprint density at radius 1 is 0.828 bits per heavy atom. The molecule has 0 bridgehead atoms. The summed E-state index contributed by atoms with van der Waals surface area (Å²) < 4.78 is 49.8. The minimum atomic E-state index is -4.69. The largest absolute Gasteiger partial charge is 0.419 e. The summed E-state index contributed by atoms with van der Waals surface area (Å²) in [5.74, 6) is -1.32. The number of nitrogens with zero attached hydrogens (tertiary/aromatic N) is 2. The number of alkyl halides is 3. The van der Waals surface area contributed by atoms with Gasteiger partial charge in [-0.2, -0.15) is 13.2 Å². The molecule has 0 aromatic heterocycles. The number of benzene rings is 2. The van der Waals surface area contributed by atoms with Crippen molar-refractivity contribution in [3.63, 3.8) is 0 Å². The van der Waals surface area contributed by atoms with Gasteiger partial charge in [-0.25, -0.2) is 4.39 Å². The molecule has 0 heterocycles. The van der Waals surface area contributed by atoms with E-state index in [1.165, 1.54) is 21.1 Å². The van der Waals surface area contributed by atoms with Crippen LogP contribution in [0.5, 0.6) is 0 Å². The van der Waals surface area contributed by atoms with Crippen LogP contribution < -0.4 is 0 Å². The maximum absolute atomic E-state index is 13.1. The number of halogens is 6. The summed E-state index contributed by atoms with van der Waals surface area (Å²) in [6.07, 6.45) is -4.69. The van der Waals surface area contributed by atoms with E-state index in [0.717, 1.165) is 23.4 Å². The van der Waals surface area contributed by atoms with Gasteiger partial charge in [0.1, 0.15) is 20.0 Å². The second-order valence-electron chi connectivity index (χ2n) is 5.54. The zero-order valence-electron chi connectivity index (χ0n) is 15.9. The van der Waals surface area contributed by atoms with E-state index < -0.39 is 17.6 Å². The lowest BCUT2D eigenvalue weighted by molar-refractivity contribution is -0.140. The lowest BCUT2D eigenvalue weighted by atomic mass is 10.1. The van der Waals surface area contributed by atoms with Crippen molar-refractivity contribution in [2.75, 3.05) is 14.2 Å². The third kappa shape index (κ3) is 7.55. The molecule has 0 spiro atoms. The molecule has 0 amide bonds. The number of rotatable bonds is 4. The Hall–Kier alpha value is -2.32. The summed E-state index contributed by atoms with van der Waals surface area (Å²) in [5, 5.41) is 8.33. The minimum Gasteiger partial charge on any atom is -0.399 e. The first-order valence-corrected chi connectivity index (χ1v) is 8.74. The van der Waals surface area contributed by atoms with Gasteiger partial charge < -0.3 is 9.68 Å². The number of hydrogen-bond donors (Lipinski definition) is 0. The monoisotopic (exact) mass is 452 g/mol. The average Bonchev–Trinajstić information content (AvgIpc) is 2.63. The molecule has 0 aliphatic rings. The van der Waals surface area contributed by atoms with Crippen molar-refractivity contribution in [3.8, 4) is 0 Å². The lowest BCUT2D eigenvalue weighted by Gasteiger charge is -2.08. The quantitative estimate of drug-likeness (QED) is 0.298. The molecule has 2 aromatic carbocycles. The second-order valence-corrected chi connectivity index (χ2v) is 6.35. The highest BCUT2D eigenvalue weighted by Gasteiger charge is 2.33. The Bertz CT molecular complexity index is 900. The summed E-state index contributed by atoms with van der Waals surface area (Å²) in [7, 11) is 2.80. The van der Waals surface area contributed by atoms with Crippen molar-refractivity contribution >= 4 is 34.6 Å². The maximum Gasteiger partial charge on any atom is 0.419 e. The molecular formula is C19H18Cl2F4N2O2. The van der Waals surface area contributed by atoms with Gasteiger partial charge in [0.05, 0.1) is 27.0 Å². The van der Waals surface area contributed by atoms with Gasteiger partial charge in [0.15, 0.2) is 0 Å². The van der Waals surface area contributed by atoms with Gasteiger partial charge in [-0.1, -0.05) is 45.6 Å². The first kappa shape index (κ1) is 24.7. The van der Waals surface area contributed by atoms with Crippen molar-refractivity contribution in [3.05, 3.63) is 69.0 Å². The van der Waals surface area contributed by atoms with E-state index in [1.54, 1.807) is 12.1 Å². The fraction of sp³-hybridized carbons (Fsp3) is 0.263.